The van der Waals surface area contributed by atoms with Crippen molar-refractivity contribution in [3.05, 3.63) is 83.9 Å². The van der Waals surface area contributed by atoms with Gasteiger partial charge in [-0.05, 0) is 34.9 Å². The van der Waals surface area contributed by atoms with E-state index in [4.69, 9.17) is 4.74 Å². The Hall–Kier alpha value is -3.93. The highest BCUT2D eigenvalue weighted by atomic mass is 16.5. The molecule has 2 N–H and O–H groups in total. The van der Waals surface area contributed by atoms with Crippen molar-refractivity contribution in [2.24, 2.45) is 0 Å². The molecule has 0 aromatic heterocycles. The fourth-order valence-corrected chi connectivity index (χ4v) is 2.95. The van der Waals surface area contributed by atoms with Crippen LogP contribution < -0.4 is 10.6 Å². The van der Waals surface area contributed by atoms with Gasteiger partial charge in [0.2, 0.25) is 11.8 Å². The highest BCUT2D eigenvalue weighted by Gasteiger charge is 2.12. The van der Waals surface area contributed by atoms with Gasteiger partial charge in [0.05, 0.1) is 5.56 Å². The van der Waals surface area contributed by atoms with Crippen LogP contribution in [0.5, 0.6) is 0 Å². The highest BCUT2D eigenvalue weighted by Crippen LogP contribution is 2.22. The van der Waals surface area contributed by atoms with Gasteiger partial charge in [0.1, 0.15) is 6.61 Å². The van der Waals surface area contributed by atoms with Gasteiger partial charge in [-0.25, -0.2) is 4.79 Å². The van der Waals surface area contributed by atoms with Crippen molar-refractivity contribution in [2.45, 2.75) is 20.5 Å². The van der Waals surface area contributed by atoms with Gasteiger partial charge < -0.3 is 15.4 Å². The molecule has 0 atom stereocenters. The third kappa shape index (κ3) is 5.78. The molecular weight excluding hydrogens is 380 g/mol. The number of esters is 1. The van der Waals surface area contributed by atoms with Crippen molar-refractivity contribution in [3.63, 3.8) is 0 Å². The first-order chi connectivity index (χ1) is 14.4. The number of ether oxygens (including phenoxy) is 1. The molecule has 0 heterocycles. The summed E-state index contributed by atoms with van der Waals surface area (Å²) in [5.74, 6) is -1.12. The second-order valence-electron chi connectivity index (χ2n) is 6.80. The predicted molar refractivity (Wildman–Crippen MR) is 116 cm³/mol. The molecule has 3 aromatic rings. The summed E-state index contributed by atoms with van der Waals surface area (Å²) in [6, 6.07) is 22.4. The van der Waals surface area contributed by atoms with Crippen molar-refractivity contribution < 1.29 is 19.1 Å². The lowest BCUT2D eigenvalue weighted by Gasteiger charge is -2.11. The molecule has 0 aliphatic carbocycles. The Kier molecular flexibility index (Phi) is 6.60. The molecular formula is C24H22N2O4. The highest BCUT2D eigenvalue weighted by molar-refractivity contribution is 5.97. The molecule has 0 saturated heterocycles. The Bertz CT molecular complexity index is 1030. The number of hydrogen-bond donors (Lipinski definition) is 2. The molecule has 152 valence electrons. The first kappa shape index (κ1) is 20.8. The summed E-state index contributed by atoms with van der Waals surface area (Å²) in [7, 11) is 0. The van der Waals surface area contributed by atoms with E-state index in [0.29, 0.717) is 11.4 Å². The topological polar surface area (TPSA) is 84.5 Å². The van der Waals surface area contributed by atoms with E-state index < -0.39 is 5.97 Å². The molecule has 0 radical (unpaired) electrons. The first-order valence-electron chi connectivity index (χ1n) is 9.42. The maximum atomic E-state index is 12.5. The van der Waals surface area contributed by atoms with Crippen molar-refractivity contribution >= 4 is 29.2 Å². The van der Waals surface area contributed by atoms with Crippen LogP contribution in [0.1, 0.15) is 29.8 Å². The zero-order valence-corrected chi connectivity index (χ0v) is 16.8. The molecule has 0 bridgehead atoms. The minimum Gasteiger partial charge on any atom is -0.457 e. The zero-order chi connectivity index (χ0) is 21.5. The van der Waals surface area contributed by atoms with Crippen LogP contribution in [-0.4, -0.2) is 17.8 Å². The lowest BCUT2D eigenvalue weighted by atomic mass is 10.0. The molecule has 0 unspecified atom stereocenters. The monoisotopic (exact) mass is 402 g/mol. The van der Waals surface area contributed by atoms with Crippen LogP contribution in [0, 0.1) is 0 Å². The van der Waals surface area contributed by atoms with Gasteiger partial charge in [-0.15, -0.1) is 0 Å². The molecule has 0 saturated carbocycles. The minimum atomic E-state index is -0.555. The number of carbonyl (C=O) groups is 3. The number of nitrogens with one attached hydrogen (secondary N) is 2. The molecule has 3 aromatic carbocycles. The molecule has 0 aliphatic rings. The van der Waals surface area contributed by atoms with Gasteiger partial charge in [0, 0.05) is 25.2 Å². The Morgan fingerprint density at radius 3 is 1.80 bits per heavy atom. The largest absolute Gasteiger partial charge is 0.457 e. The molecule has 6 nitrogen and oxygen atoms in total. The standard InChI is InChI=1S/C24H22N2O4/c1-16(27)25-22-12-21(13-23(14-22)26-17(2)28)24(29)30-15-18-8-10-20(11-9-18)19-6-4-3-5-7-19/h3-14H,15H2,1-2H3,(H,25,27)(H,26,28). The maximum Gasteiger partial charge on any atom is 0.338 e. The van der Waals surface area contributed by atoms with Crippen molar-refractivity contribution in [2.75, 3.05) is 10.6 Å². The third-order valence-electron chi connectivity index (χ3n) is 4.24. The number of rotatable bonds is 6. The summed E-state index contributed by atoms with van der Waals surface area (Å²) in [4.78, 5) is 35.2. The van der Waals surface area contributed by atoms with E-state index in [1.165, 1.54) is 26.0 Å². The predicted octanol–water partition coefficient (Wildman–Crippen LogP) is 4.63. The Morgan fingerprint density at radius 2 is 1.27 bits per heavy atom. The lowest BCUT2D eigenvalue weighted by molar-refractivity contribution is -0.115. The smallest absolute Gasteiger partial charge is 0.338 e. The normalized spacial score (nSPS) is 10.2. The minimum absolute atomic E-state index is 0.105. The van der Waals surface area contributed by atoms with Crippen LogP contribution in [0.2, 0.25) is 0 Å². The van der Waals surface area contributed by atoms with Gasteiger partial charge in [0.25, 0.3) is 0 Å². The molecule has 30 heavy (non-hydrogen) atoms. The molecule has 3 rings (SSSR count). The molecule has 0 fully saturated rings. The summed E-state index contributed by atoms with van der Waals surface area (Å²) >= 11 is 0. The van der Waals surface area contributed by atoms with Gasteiger partial charge in [0.15, 0.2) is 0 Å². The van der Waals surface area contributed by atoms with Crippen LogP contribution in [0.15, 0.2) is 72.8 Å². The number of carbonyl (C=O) groups excluding carboxylic acids is 3. The van der Waals surface area contributed by atoms with Crippen LogP contribution in [-0.2, 0) is 20.9 Å². The van der Waals surface area contributed by atoms with Crippen molar-refractivity contribution in [1.82, 2.24) is 0 Å². The zero-order valence-electron chi connectivity index (χ0n) is 16.8. The van der Waals surface area contributed by atoms with Crippen LogP contribution in [0.25, 0.3) is 11.1 Å². The molecule has 0 spiro atoms. The van der Waals surface area contributed by atoms with E-state index in [1.807, 2.05) is 54.6 Å². The van der Waals surface area contributed by atoms with Gasteiger partial charge in [-0.3, -0.25) is 9.59 Å². The molecule has 2 amide bonds. The summed E-state index contributed by atoms with van der Waals surface area (Å²) < 4.78 is 5.42. The average molecular weight is 402 g/mol. The fraction of sp³-hybridized carbons (Fsp3) is 0.125. The maximum absolute atomic E-state index is 12.5. The van der Waals surface area contributed by atoms with Gasteiger partial charge >= 0.3 is 5.97 Å². The van der Waals surface area contributed by atoms with E-state index >= 15 is 0 Å². The Balaban J connectivity index is 1.70. The van der Waals surface area contributed by atoms with E-state index in [2.05, 4.69) is 10.6 Å². The summed E-state index contributed by atoms with van der Waals surface area (Å²) in [5.41, 5.74) is 4.06. The van der Waals surface area contributed by atoms with Crippen LogP contribution in [0.4, 0.5) is 11.4 Å². The third-order valence-corrected chi connectivity index (χ3v) is 4.24. The number of benzene rings is 3. The van der Waals surface area contributed by atoms with Crippen molar-refractivity contribution in [1.29, 1.82) is 0 Å². The van der Waals surface area contributed by atoms with Crippen LogP contribution >= 0.6 is 0 Å². The van der Waals surface area contributed by atoms with Gasteiger partial charge in [-0.1, -0.05) is 54.6 Å². The fourth-order valence-electron chi connectivity index (χ4n) is 2.95. The SMILES string of the molecule is CC(=O)Nc1cc(NC(C)=O)cc(C(=O)OCc2ccc(-c3ccccc3)cc2)c1. The Morgan fingerprint density at radius 1 is 0.733 bits per heavy atom. The number of anilines is 2. The second kappa shape index (κ2) is 9.52. The Labute approximate surface area is 174 Å². The molecule has 0 aliphatic heterocycles. The van der Waals surface area contributed by atoms with E-state index in [9.17, 15) is 14.4 Å². The lowest BCUT2D eigenvalue weighted by Crippen LogP contribution is -2.12. The van der Waals surface area contributed by atoms with E-state index in [1.54, 1.807) is 6.07 Å². The van der Waals surface area contributed by atoms with E-state index in [-0.39, 0.29) is 24.0 Å². The number of amides is 2. The second-order valence-corrected chi connectivity index (χ2v) is 6.80. The van der Waals surface area contributed by atoms with Crippen LogP contribution in [0.3, 0.4) is 0 Å². The van der Waals surface area contributed by atoms with Gasteiger partial charge in [-0.2, -0.15) is 0 Å². The average Bonchev–Trinajstić information content (AvgIpc) is 2.72. The van der Waals surface area contributed by atoms with E-state index in [0.717, 1.165) is 16.7 Å². The molecule has 6 heteroatoms. The van der Waals surface area contributed by atoms with Crippen molar-refractivity contribution in [3.8, 4) is 11.1 Å². The quantitative estimate of drug-likeness (QED) is 0.589. The summed E-state index contributed by atoms with van der Waals surface area (Å²) in [6.07, 6.45) is 0. The number of hydrogen-bond acceptors (Lipinski definition) is 4. The summed E-state index contributed by atoms with van der Waals surface area (Å²) in [6.45, 7) is 2.83. The first-order valence-corrected chi connectivity index (χ1v) is 9.42. The summed E-state index contributed by atoms with van der Waals surface area (Å²) in [5, 5.41) is 5.22.